The minimum atomic E-state index is -4.43. The highest BCUT2D eigenvalue weighted by atomic mass is 31.2. The molecule has 0 spiro atoms. The van der Waals surface area contributed by atoms with Crippen molar-refractivity contribution in [3.63, 3.8) is 0 Å². The van der Waals surface area contributed by atoms with Crippen molar-refractivity contribution in [3.8, 4) is 5.88 Å². The number of esters is 2. The van der Waals surface area contributed by atoms with Gasteiger partial charge in [-0.15, -0.1) is 0 Å². The van der Waals surface area contributed by atoms with E-state index in [4.69, 9.17) is 33.7 Å². The number of nitrogens with two attached hydrogens (primary N) is 1. The number of anilines is 1. The van der Waals surface area contributed by atoms with Gasteiger partial charge in [0.25, 0.3) is 0 Å². The highest BCUT2D eigenvalue weighted by molar-refractivity contribution is 7.51. The summed E-state index contributed by atoms with van der Waals surface area (Å²) >= 11 is 0. The average Bonchev–Trinajstić information content (AvgIpc) is 3.42. The maximum atomic E-state index is 13.7. The molecule has 18 heteroatoms. The van der Waals surface area contributed by atoms with Crippen molar-refractivity contribution in [3.05, 3.63) is 6.33 Å². The minimum Gasteiger partial charge on any atom is -0.476 e. The summed E-state index contributed by atoms with van der Waals surface area (Å²) in [7, 11) is -3.27. The quantitative estimate of drug-likeness (QED) is 0.168. The molecule has 0 aliphatic carbocycles. The van der Waals surface area contributed by atoms with Gasteiger partial charge in [-0.2, -0.15) is 9.97 Å². The van der Waals surface area contributed by atoms with E-state index < -0.39 is 68.9 Å². The zero-order chi connectivity index (χ0) is 30.5. The molecule has 0 amide bonds. The Bertz CT molecular complexity index is 1270. The Balaban J connectivity index is 1.86. The van der Waals surface area contributed by atoms with Crippen molar-refractivity contribution < 1.29 is 52.4 Å². The van der Waals surface area contributed by atoms with Gasteiger partial charge in [0.05, 0.1) is 33.3 Å². The van der Waals surface area contributed by atoms with E-state index in [2.05, 4.69) is 20.0 Å². The van der Waals surface area contributed by atoms with Crippen LogP contribution in [0, 0.1) is 5.92 Å². The SMILES string of the molecule is CCOC(=O)COP(=O)(NC(C(=O)OC)C(C)C)OCC1OC(n2cnc3c(OCC)nc(N)nc32)C(C)(O)C1O. The number of ether oxygens (including phenoxy) is 4. The maximum Gasteiger partial charge on any atom is 0.406 e. The van der Waals surface area contributed by atoms with Crippen LogP contribution in [0.4, 0.5) is 5.95 Å². The molecule has 2 aromatic rings. The molecular weight excluding hydrogens is 567 g/mol. The van der Waals surface area contributed by atoms with Crippen molar-refractivity contribution in [2.24, 2.45) is 5.92 Å². The highest BCUT2D eigenvalue weighted by Gasteiger charge is 2.54. The Hall–Kier alpha value is -2.92. The normalized spacial score (nSPS) is 24.8. The van der Waals surface area contributed by atoms with Gasteiger partial charge in [0.1, 0.15) is 23.9 Å². The van der Waals surface area contributed by atoms with Gasteiger partial charge in [0.15, 0.2) is 24.0 Å². The second-order valence-corrected chi connectivity index (χ2v) is 11.4. The van der Waals surface area contributed by atoms with E-state index in [0.717, 1.165) is 7.11 Å². The van der Waals surface area contributed by atoms with Gasteiger partial charge >= 0.3 is 19.7 Å². The molecule has 1 saturated heterocycles. The van der Waals surface area contributed by atoms with Crippen LogP contribution in [0.25, 0.3) is 11.2 Å². The number of aliphatic hydroxyl groups is 2. The van der Waals surface area contributed by atoms with Gasteiger partial charge < -0.3 is 34.9 Å². The molecular formula is C23H37N6O11P. The zero-order valence-electron chi connectivity index (χ0n) is 23.7. The van der Waals surface area contributed by atoms with Crippen molar-refractivity contribution in [2.75, 3.05) is 39.3 Å². The summed E-state index contributed by atoms with van der Waals surface area (Å²) in [4.78, 5) is 36.6. The summed E-state index contributed by atoms with van der Waals surface area (Å²) in [6.07, 6.45) is -2.79. The topological polar surface area (TPSA) is 229 Å². The molecule has 0 saturated carbocycles. The monoisotopic (exact) mass is 604 g/mol. The Kier molecular flexibility index (Phi) is 10.6. The molecule has 3 heterocycles. The number of nitrogens with one attached hydrogen (secondary N) is 1. The first kappa shape index (κ1) is 32.6. The predicted octanol–water partition coefficient (Wildman–Crippen LogP) is 0.308. The molecule has 17 nitrogen and oxygen atoms in total. The fourth-order valence-electron chi connectivity index (χ4n) is 4.09. The lowest BCUT2D eigenvalue weighted by Crippen LogP contribution is -2.45. The van der Waals surface area contributed by atoms with Gasteiger partial charge in [-0.1, -0.05) is 13.8 Å². The molecule has 1 fully saturated rings. The van der Waals surface area contributed by atoms with E-state index in [9.17, 15) is 24.4 Å². The number of hydrogen-bond donors (Lipinski definition) is 4. The number of aromatic nitrogens is 4. The molecule has 0 aromatic carbocycles. The van der Waals surface area contributed by atoms with E-state index >= 15 is 0 Å². The molecule has 230 valence electrons. The van der Waals surface area contributed by atoms with E-state index in [1.165, 1.54) is 17.8 Å². The third-order valence-corrected chi connectivity index (χ3v) is 7.73. The summed E-state index contributed by atoms with van der Waals surface area (Å²) in [6, 6.07) is -1.14. The Labute approximate surface area is 236 Å². The van der Waals surface area contributed by atoms with E-state index in [1.807, 2.05) is 0 Å². The maximum absolute atomic E-state index is 13.7. The Morgan fingerprint density at radius 2 is 1.98 bits per heavy atom. The second-order valence-electron chi connectivity index (χ2n) is 9.59. The highest BCUT2D eigenvalue weighted by Crippen LogP contribution is 2.47. The standard InChI is InChI=1S/C23H37N6O11P/c1-7-36-14(30)10-39-41(34,28-15(12(3)4)20(32)35-6)38-9-13-17(31)23(5,33)21(40-13)29-11-25-16-18(29)26-22(24)27-19(16)37-8-2/h11-13,15,17,21,31,33H,7-10H2,1-6H3,(H,28,34)(H2,24,26,27). The van der Waals surface area contributed by atoms with Crippen LogP contribution in [-0.4, -0.2) is 99.1 Å². The number of rotatable bonds is 14. The van der Waals surface area contributed by atoms with E-state index in [-0.39, 0.29) is 36.2 Å². The average molecular weight is 605 g/mol. The number of imidazole rings is 1. The summed E-state index contributed by atoms with van der Waals surface area (Å²) in [5.41, 5.74) is 4.32. The molecule has 3 rings (SSSR count). The van der Waals surface area contributed by atoms with Crippen molar-refractivity contribution >= 4 is 36.8 Å². The summed E-state index contributed by atoms with van der Waals surface area (Å²) < 4.78 is 46.8. The lowest BCUT2D eigenvalue weighted by molar-refractivity contribution is -0.145. The van der Waals surface area contributed by atoms with Crippen molar-refractivity contribution in [1.29, 1.82) is 0 Å². The summed E-state index contributed by atoms with van der Waals surface area (Å²) in [5, 5.41) is 24.7. The summed E-state index contributed by atoms with van der Waals surface area (Å²) in [5.74, 6) is -1.98. The first-order valence-corrected chi connectivity index (χ1v) is 14.4. The van der Waals surface area contributed by atoms with Crippen LogP contribution < -0.4 is 15.6 Å². The molecule has 6 unspecified atom stereocenters. The van der Waals surface area contributed by atoms with Crippen LogP contribution in [0.1, 0.15) is 40.8 Å². The van der Waals surface area contributed by atoms with Gasteiger partial charge in [0.2, 0.25) is 11.8 Å². The van der Waals surface area contributed by atoms with Crippen LogP contribution in [0.3, 0.4) is 0 Å². The number of nitrogen functional groups attached to an aromatic ring is 1. The fourth-order valence-corrected chi connectivity index (χ4v) is 5.67. The molecule has 2 aromatic heterocycles. The predicted molar refractivity (Wildman–Crippen MR) is 141 cm³/mol. The number of fused-ring (bicyclic) bond motifs is 1. The lowest BCUT2D eigenvalue weighted by Gasteiger charge is -2.28. The minimum absolute atomic E-state index is 0.0572. The van der Waals surface area contributed by atoms with Crippen LogP contribution in [0.5, 0.6) is 5.88 Å². The molecule has 5 N–H and O–H groups in total. The number of hydrogen-bond acceptors (Lipinski definition) is 15. The molecule has 1 aliphatic rings. The first-order valence-electron chi connectivity index (χ1n) is 12.9. The molecule has 1 aliphatic heterocycles. The second kappa shape index (κ2) is 13.4. The number of nitrogens with zero attached hydrogens (tertiary/aromatic N) is 4. The number of carbonyl (C=O) groups excluding carboxylic acids is 2. The first-order chi connectivity index (χ1) is 19.3. The van der Waals surface area contributed by atoms with Crippen molar-refractivity contribution in [1.82, 2.24) is 24.6 Å². The molecule has 0 radical (unpaired) electrons. The van der Waals surface area contributed by atoms with Gasteiger partial charge in [-0.05, 0) is 26.7 Å². The third-order valence-electron chi connectivity index (χ3n) is 6.18. The smallest absolute Gasteiger partial charge is 0.406 e. The lowest BCUT2D eigenvalue weighted by atomic mass is 9.96. The largest absolute Gasteiger partial charge is 0.476 e. The van der Waals surface area contributed by atoms with Crippen LogP contribution in [0.15, 0.2) is 6.33 Å². The van der Waals surface area contributed by atoms with Gasteiger partial charge in [-0.25, -0.2) is 19.4 Å². The van der Waals surface area contributed by atoms with Crippen LogP contribution >= 0.6 is 7.75 Å². The number of aliphatic hydroxyl groups excluding tert-OH is 1. The molecule has 6 atom stereocenters. The molecule has 0 bridgehead atoms. The molecule has 41 heavy (non-hydrogen) atoms. The number of methoxy groups -OCH3 is 1. The fraction of sp³-hybridized carbons (Fsp3) is 0.696. The van der Waals surface area contributed by atoms with E-state index in [0.29, 0.717) is 0 Å². The van der Waals surface area contributed by atoms with Crippen molar-refractivity contribution in [2.45, 2.75) is 64.7 Å². The summed E-state index contributed by atoms with van der Waals surface area (Å²) in [6.45, 7) is 6.98. The van der Waals surface area contributed by atoms with Crippen LogP contribution in [0.2, 0.25) is 0 Å². The van der Waals surface area contributed by atoms with E-state index in [1.54, 1.807) is 27.7 Å². The number of carbonyl (C=O) groups is 2. The van der Waals surface area contributed by atoms with Gasteiger partial charge in [0, 0.05) is 0 Å². The Morgan fingerprint density at radius 1 is 1.27 bits per heavy atom. The van der Waals surface area contributed by atoms with Crippen LogP contribution in [-0.2, 0) is 37.4 Å². The Morgan fingerprint density at radius 3 is 2.59 bits per heavy atom. The third kappa shape index (κ3) is 7.30. The van der Waals surface area contributed by atoms with Gasteiger partial charge in [-0.3, -0.25) is 18.4 Å². The zero-order valence-corrected chi connectivity index (χ0v) is 24.6.